The minimum atomic E-state index is -0.233. The number of aromatic nitrogens is 1. The van der Waals surface area contributed by atoms with Crippen LogP contribution in [0.1, 0.15) is 5.56 Å². The number of nitrogens with zero attached hydrogens (tertiary/aromatic N) is 1. The van der Waals surface area contributed by atoms with Crippen molar-refractivity contribution in [3.05, 3.63) is 76.9 Å². The summed E-state index contributed by atoms with van der Waals surface area (Å²) in [6.45, 7) is 1.90. The van der Waals surface area contributed by atoms with Crippen molar-refractivity contribution in [2.24, 2.45) is 0 Å². The van der Waals surface area contributed by atoms with Gasteiger partial charge in [0.15, 0.2) is 6.61 Å². The van der Waals surface area contributed by atoms with Gasteiger partial charge in [-0.1, -0.05) is 12.1 Å². The fourth-order valence-corrected chi connectivity index (χ4v) is 2.78. The third-order valence-corrected chi connectivity index (χ3v) is 4.11. The second kappa shape index (κ2) is 8.49. The predicted molar refractivity (Wildman–Crippen MR) is 104 cm³/mol. The highest BCUT2D eigenvalue weighted by atomic mass is 79.9. The molecule has 1 heterocycles. The highest BCUT2D eigenvalue weighted by molar-refractivity contribution is 9.10. The largest absolute Gasteiger partial charge is 0.484 e. The van der Waals surface area contributed by atoms with Crippen LogP contribution in [0.4, 0.5) is 5.69 Å². The Morgan fingerprint density at radius 2 is 1.85 bits per heavy atom. The Morgan fingerprint density at radius 3 is 2.54 bits per heavy atom. The molecule has 0 fully saturated rings. The minimum Gasteiger partial charge on any atom is -0.484 e. The van der Waals surface area contributed by atoms with Gasteiger partial charge in [-0.2, -0.15) is 0 Å². The van der Waals surface area contributed by atoms with Gasteiger partial charge in [-0.05, 0) is 70.9 Å². The molecule has 1 aromatic heterocycles. The summed E-state index contributed by atoms with van der Waals surface area (Å²) in [5.74, 6) is 1.51. The maximum atomic E-state index is 12.0. The minimum absolute atomic E-state index is 0.0826. The van der Waals surface area contributed by atoms with Crippen LogP contribution in [0, 0.1) is 6.92 Å². The molecule has 1 amide bonds. The van der Waals surface area contributed by atoms with E-state index in [0.717, 1.165) is 10.0 Å². The average molecular weight is 413 g/mol. The zero-order valence-electron chi connectivity index (χ0n) is 14.1. The van der Waals surface area contributed by atoms with E-state index in [1.807, 2.05) is 37.3 Å². The van der Waals surface area contributed by atoms with Crippen LogP contribution in [-0.4, -0.2) is 17.5 Å². The van der Waals surface area contributed by atoms with E-state index in [0.29, 0.717) is 23.1 Å². The Bertz CT molecular complexity index is 883. The zero-order valence-corrected chi connectivity index (χ0v) is 15.7. The number of anilines is 1. The van der Waals surface area contributed by atoms with E-state index in [1.54, 1.807) is 36.5 Å². The van der Waals surface area contributed by atoms with E-state index in [-0.39, 0.29) is 12.5 Å². The normalized spacial score (nSPS) is 10.2. The molecule has 1 N–H and O–H groups in total. The molecule has 132 valence electrons. The van der Waals surface area contributed by atoms with Crippen molar-refractivity contribution in [1.29, 1.82) is 0 Å². The number of nitrogens with one attached hydrogen (secondary N) is 1. The Labute approximate surface area is 160 Å². The zero-order chi connectivity index (χ0) is 18.4. The van der Waals surface area contributed by atoms with Gasteiger partial charge in [0.25, 0.3) is 5.91 Å². The van der Waals surface area contributed by atoms with Gasteiger partial charge in [-0.3, -0.25) is 4.79 Å². The highest BCUT2D eigenvalue weighted by Crippen LogP contribution is 2.24. The Hall–Kier alpha value is -2.86. The van der Waals surface area contributed by atoms with Crippen molar-refractivity contribution < 1.29 is 14.3 Å². The number of rotatable bonds is 6. The Balaban J connectivity index is 1.52. The monoisotopic (exact) mass is 412 g/mol. The number of carbonyl (C=O) groups excluding carboxylic acids is 1. The fourth-order valence-electron chi connectivity index (χ4n) is 2.19. The van der Waals surface area contributed by atoms with Gasteiger partial charge in [-0.15, -0.1) is 0 Å². The second-order valence-corrected chi connectivity index (χ2v) is 6.42. The molecule has 3 rings (SSSR count). The quantitative estimate of drug-likeness (QED) is 0.621. The first-order valence-corrected chi connectivity index (χ1v) is 8.77. The topological polar surface area (TPSA) is 60.5 Å². The molecule has 0 radical (unpaired) electrons. The molecule has 0 atom stereocenters. The fraction of sp³-hybridized carbons (Fsp3) is 0.100. The lowest BCUT2D eigenvalue weighted by molar-refractivity contribution is -0.118. The van der Waals surface area contributed by atoms with Crippen molar-refractivity contribution >= 4 is 27.5 Å². The summed E-state index contributed by atoms with van der Waals surface area (Å²) < 4.78 is 12.0. The number of amides is 1. The first-order chi connectivity index (χ1) is 12.6. The van der Waals surface area contributed by atoms with Crippen molar-refractivity contribution in [2.45, 2.75) is 6.92 Å². The molecule has 26 heavy (non-hydrogen) atoms. The number of ether oxygens (including phenoxy) is 2. The van der Waals surface area contributed by atoms with E-state index >= 15 is 0 Å². The summed E-state index contributed by atoms with van der Waals surface area (Å²) in [6.07, 6.45) is 1.66. The number of hydrogen-bond acceptors (Lipinski definition) is 4. The molecule has 0 aliphatic rings. The van der Waals surface area contributed by atoms with E-state index in [9.17, 15) is 4.79 Å². The van der Waals surface area contributed by atoms with Gasteiger partial charge < -0.3 is 14.8 Å². The number of pyridine rings is 1. The van der Waals surface area contributed by atoms with E-state index < -0.39 is 0 Å². The first kappa shape index (κ1) is 17.9. The molecule has 2 aromatic carbocycles. The lowest BCUT2D eigenvalue weighted by Crippen LogP contribution is -2.20. The standard InChI is InChI=1S/C20H17BrN2O3/c1-14-5-10-18(17(21)12-14)23-19(24)13-25-15-6-8-16(9-7-15)26-20-4-2-3-11-22-20/h2-12H,13H2,1H3,(H,23,24). The van der Waals surface area contributed by atoms with Crippen LogP contribution in [-0.2, 0) is 4.79 Å². The van der Waals surface area contributed by atoms with Gasteiger partial charge in [0.05, 0.1) is 5.69 Å². The summed E-state index contributed by atoms with van der Waals surface area (Å²) in [5.41, 5.74) is 1.82. The molecule has 0 aliphatic carbocycles. The number of hydrogen-bond donors (Lipinski definition) is 1. The molecule has 6 heteroatoms. The van der Waals surface area contributed by atoms with Gasteiger partial charge >= 0.3 is 0 Å². The molecule has 3 aromatic rings. The Morgan fingerprint density at radius 1 is 1.08 bits per heavy atom. The lowest BCUT2D eigenvalue weighted by atomic mass is 10.2. The Kier molecular flexibility index (Phi) is 5.86. The van der Waals surface area contributed by atoms with Crippen LogP contribution in [0.3, 0.4) is 0 Å². The first-order valence-electron chi connectivity index (χ1n) is 7.98. The van der Waals surface area contributed by atoms with Gasteiger partial charge in [-0.25, -0.2) is 4.98 Å². The van der Waals surface area contributed by atoms with E-state index in [1.165, 1.54) is 0 Å². The summed E-state index contributed by atoms with van der Waals surface area (Å²) in [5, 5.41) is 2.81. The maximum absolute atomic E-state index is 12.0. The number of carbonyl (C=O) groups is 1. The number of aryl methyl sites for hydroxylation is 1. The summed E-state index contributed by atoms with van der Waals surface area (Å²) in [6, 6.07) is 18.2. The molecular formula is C20H17BrN2O3. The third-order valence-electron chi connectivity index (χ3n) is 3.45. The van der Waals surface area contributed by atoms with Crippen molar-refractivity contribution in [3.63, 3.8) is 0 Å². The molecule has 5 nitrogen and oxygen atoms in total. The highest BCUT2D eigenvalue weighted by Gasteiger charge is 2.07. The molecular weight excluding hydrogens is 396 g/mol. The van der Waals surface area contributed by atoms with Crippen LogP contribution in [0.15, 0.2) is 71.3 Å². The summed E-state index contributed by atoms with van der Waals surface area (Å²) in [7, 11) is 0. The van der Waals surface area contributed by atoms with Gasteiger partial charge in [0, 0.05) is 16.7 Å². The van der Waals surface area contributed by atoms with Crippen LogP contribution in [0.5, 0.6) is 17.4 Å². The summed E-state index contributed by atoms with van der Waals surface area (Å²) >= 11 is 3.43. The second-order valence-electron chi connectivity index (χ2n) is 5.56. The van der Waals surface area contributed by atoms with Gasteiger partial charge in [0.2, 0.25) is 5.88 Å². The predicted octanol–water partition coefficient (Wildman–Crippen LogP) is 4.96. The van der Waals surface area contributed by atoms with Crippen LogP contribution in [0.2, 0.25) is 0 Å². The van der Waals surface area contributed by atoms with Crippen molar-refractivity contribution in [1.82, 2.24) is 4.98 Å². The SMILES string of the molecule is Cc1ccc(NC(=O)COc2ccc(Oc3ccccn3)cc2)c(Br)c1. The van der Waals surface area contributed by atoms with Gasteiger partial charge in [0.1, 0.15) is 11.5 Å². The molecule has 0 saturated heterocycles. The molecule has 0 unspecified atom stereocenters. The molecule has 0 aliphatic heterocycles. The number of halogens is 1. The maximum Gasteiger partial charge on any atom is 0.262 e. The smallest absolute Gasteiger partial charge is 0.262 e. The molecule has 0 bridgehead atoms. The molecule has 0 spiro atoms. The van der Waals surface area contributed by atoms with Crippen molar-refractivity contribution in [2.75, 3.05) is 11.9 Å². The lowest BCUT2D eigenvalue weighted by Gasteiger charge is -2.10. The van der Waals surface area contributed by atoms with Crippen molar-refractivity contribution in [3.8, 4) is 17.4 Å². The van der Waals surface area contributed by atoms with E-state index in [4.69, 9.17) is 9.47 Å². The van der Waals surface area contributed by atoms with E-state index in [2.05, 4.69) is 26.2 Å². The third kappa shape index (κ3) is 5.07. The molecule has 0 saturated carbocycles. The summed E-state index contributed by atoms with van der Waals surface area (Å²) in [4.78, 5) is 16.1. The van der Waals surface area contributed by atoms with Crippen LogP contribution in [0.25, 0.3) is 0 Å². The van der Waals surface area contributed by atoms with Crippen LogP contribution < -0.4 is 14.8 Å². The number of benzene rings is 2. The van der Waals surface area contributed by atoms with Crippen LogP contribution >= 0.6 is 15.9 Å². The average Bonchev–Trinajstić information content (AvgIpc) is 2.64.